The minimum atomic E-state index is -3.17. The zero-order chi connectivity index (χ0) is 11.9. The van der Waals surface area contributed by atoms with Crippen molar-refractivity contribution in [3.05, 3.63) is 0 Å². The van der Waals surface area contributed by atoms with Crippen molar-refractivity contribution in [2.24, 2.45) is 0 Å². The molecular formula is C7H18O5P2S. The molecule has 0 heterocycles. The Balaban J connectivity index is 4.66. The van der Waals surface area contributed by atoms with E-state index in [-0.39, 0.29) is 5.90 Å². The third kappa shape index (κ3) is 5.55. The van der Waals surface area contributed by atoms with Gasteiger partial charge in [-0.05, 0) is 25.7 Å². The van der Waals surface area contributed by atoms with Gasteiger partial charge in [0.25, 0.3) is 0 Å². The Morgan fingerprint density at radius 1 is 1.07 bits per heavy atom. The first kappa shape index (κ1) is 15.7. The second kappa shape index (κ2) is 7.13. The monoisotopic (exact) mass is 276 g/mol. The number of hydrogen-bond acceptors (Lipinski definition) is 6. The van der Waals surface area contributed by atoms with Crippen LogP contribution < -0.4 is 0 Å². The van der Waals surface area contributed by atoms with Crippen molar-refractivity contribution in [3.63, 3.8) is 0 Å². The smallest absolute Gasteiger partial charge is 0.329 e. The largest absolute Gasteiger partial charge is 0.339 e. The van der Waals surface area contributed by atoms with Crippen molar-refractivity contribution in [2.75, 3.05) is 33.3 Å². The highest BCUT2D eigenvalue weighted by Gasteiger charge is 2.33. The quantitative estimate of drug-likeness (QED) is 0.635. The molecule has 0 rings (SSSR count). The second-order valence-electron chi connectivity index (χ2n) is 2.56. The molecule has 0 aliphatic heterocycles. The van der Waals surface area contributed by atoms with Gasteiger partial charge in [-0.15, -0.1) is 0 Å². The Bertz CT molecular complexity index is 252. The first-order valence-corrected chi connectivity index (χ1v) is 9.09. The Hall–Kier alpha value is 0.720. The summed E-state index contributed by atoms with van der Waals surface area (Å²) in [4.78, 5) is 0. The van der Waals surface area contributed by atoms with Crippen LogP contribution in [0.4, 0.5) is 0 Å². The fourth-order valence-corrected chi connectivity index (χ4v) is 7.10. The molecule has 0 aliphatic rings. The molecule has 0 radical (unpaired) electrons. The van der Waals surface area contributed by atoms with Gasteiger partial charge in [-0.3, -0.25) is 4.57 Å². The Kier molecular flexibility index (Phi) is 7.47. The maximum Gasteiger partial charge on any atom is 0.339 e. The van der Waals surface area contributed by atoms with Gasteiger partial charge in [-0.2, -0.15) is 0 Å². The fourth-order valence-electron chi connectivity index (χ4n) is 0.914. The molecule has 0 aromatic rings. The van der Waals surface area contributed by atoms with E-state index in [9.17, 15) is 4.57 Å². The van der Waals surface area contributed by atoms with E-state index in [0.717, 1.165) is 0 Å². The Morgan fingerprint density at radius 2 is 1.47 bits per heavy atom. The van der Waals surface area contributed by atoms with Gasteiger partial charge in [0.15, 0.2) is 0 Å². The second-order valence-corrected chi connectivity index (χ2v) is 9.05. The van der Waals surface area contributed by atoms with Gasteiger partial charge in [0.2, 0.25) is 6.49 Å². The minimum Gasteiger partial charge on any atom is -0.329 e. The van der Waals surface area contributed by atoms with Crippen molar-refractivity contribution in [2.45, 2.75) is 13.8 Å². The lowest BCUT2D eigenvalue weighted by Gasteiger charge is -2.24. The first-order chi connectivity index (χ1) is 6.95. The maximum absolute atomic E-state index is 11.9. The van der Waals surface area contributed by atoms with Gasteiger partial charge < -0.3 is 18.1 Å². The summed E-state index contributed by atoms with van der Waals surface area (Å²) in [5, 5.41) is 0. The van der Waals surface area contributed by atoms with E-state index in [0.29, 0.717) is 13.2 Å². The van der Waals surface area contributed by atoms with Crippen LogP contribution >= 0.6 is 14.1 Å². The van der Waals surface area contributed by atoms with Gasteiger partial charge in [-0.25, -0.2) is 0 Å². The van der Waals surface area contributed by atoms with Gasteiger partial charge in [0, 0.05) is 14.2 Å². The Labute approximate surface area is 96.1 Å². The van der Waals surface area contributed by atoms with Gasteiger partial charge in [0.1, 0.15) is 5.90 Å². The maximum atomic E-state index is 11.9. The highest BCUT2D eigenvalue weighted by molar-refractivity contribution is 8.12. The molecule has 0 spiro atoms. The van der Waals surface area contributed by atoms with Crippen molar-refractivity contribution < 1.29 is 22.7 Å². The van der Waals surface area contributed by atoms with Gasteiger partial charge in [-0.1, -0.05) is 0 Å². The lowest BCUT2D eigenvalue weighted by Crippen LogP contribution is -2.02. The van der Waals surface area contributed by atoms with Crippen molar-refractivity contribution in [3.8, 4) is 0 Å². The van der Waals surface area contributed by atoms with Crippen molar-refractivity contribution in [1.82, 2.24) is 0 Å². The summed E-state index contributed by atoms with van der Waals surface area (Å²) in [6.45, 7) is 1.91. The molecule has 0 aliphatic carbocycles. The molecule has 0 fully saturated rings. The summed E-state index contributed by atoms with van der Waals surface area (Å²) >= 11 is 5.22. The molecule has 0 N–H and O–H groups in total. The van der Waals surface area contributed by atoms with E-state index in [1.807, 2.05) is 13.8 Å². The standard InChI is InChI=1S/C7H18O5P2S/c1-5-11-14(15,12-6-2)7-13(8,9-3)10-4/h5-7H2,1-4H3. The zero-order valence-electron chi connectivity index (χ0n) is 9.47. The predicted molar refractivity (Wildman–Crippen MR) is 64.0 cm³/mol. The molecule has 0 amide bonds. The van der Waals surface area contributed by atoms with E-state index in [4.69, 9.17) is 29.9 Å². The highest BCUT2D eigenvalue weighted by Crippen LogP contribution is 2.63. The molecule has 0 saturated carbocycles. The molecule has 5 nitrogen and oxygen atoms in total. The van der Waals surface area contributed by atoms with E-state index in [1.165, 1.54) is 14.2 Å². The summed E-state index contributed by atoms with van der Waals surface area (Å²) in [6, 6.07) is 0. The topological polar surface area (TPSA) is 54.0 Å². The molecule has 0 bridgehead atoms. The Morgan fingerprint density at radius 3 is 1.73 bits per heavy atom. The van der Waals surface area contributed by atoms with E-state index in [1.54, 1.807) is 0 Å². The molecular weight excluding hydrogens is 258 g/mol. The normalized spacial score (nSPS) is 13.1. The summed E-state index contributed by atoms with van der Waals surface area (Å²) in [5.41, 5.74) is 0. The molecule has 8 heteroatoms. The molecule has 0 aromatic heterocycles. The zero-order valence-corrected chi connectivity index (χ0v) is 12.1. The van der Waals surface area contributed by atoms with E-state index < -0.39 is 14.1 Å². The van der Waals surface area contributed by atoms with E-state index in [2.05, 4.69) is 0 Å². The number of hydrogen-bond donors (Lipinski definition) is 0. The van der Waals surface area contributed by atoms with Crippen LogP contribution in [0, 0.1) is 0 Å². The minimum absolute atomic E-state index is 0.00398. The molecule has 0 saturated heterocycles. The molecule has 0 aromatic carbocycles. The summed E-state index contributed by atoms with van der Waals surface area (Å²) in [6.07, 6.45) is 0. The third-order valence-electron chi connectivity index (χ3n) is 1.55. The molecule has 15 heavy (non-hydrogen) atoms. The molecule has 0 unspecified atom stereocenters. The van der Waals surface area contributed by atoms with E-state index >= 15 is 0 Å². The SMILES string of the molecule is CCOP(=S)(CP(=O)(OC)OC)OCC. The predicted octanol–water partition coefficient (Wildman–Crippen LogP) is 2.81. The fraction of sp³-hybridized carbons (Fsp3) is 1.00. The summed E-state index contributed by atoms with van der Waals surface area (Å²) in [5.74, 6) is 0.00398. The first-order valence-electron chi connectivity index (χ1n) is 4.54. The lowest BCUT2D eigenvalue weighted by atomic mass is 10.9. The molecule has 92 valence electrons. The van der Waals surface area contributed by atoms with Crippen LogP contribution in [0.1, 0.15) is 13.8 Å². The third-order valence-corrected chi connectivity index (χ3v) is 8.41. The number of rotatable bonds is 8. The van der Waals surface area contributed by atoms with Crippen LogP contribution in [0.3, 0.4) is 0 Å². The highest BCUT2D eigenvalue weighted by atomic mass is 32.5. The van der Waals surface area contributed by atoms with Crippen LogP contribution in [0.2, 0.25) is 0 Å². The van der Waals surface area contributed by atoms with Crippen molar-refractivity contribution >= 4 is 25.9 Å². The lowest BCUT2D eigenvalue weighted by molar-refractivity contribution is 0.257. The van der Waals surface area contributed by atoms with Crippen LogP contribution in [-0.4, -0.2) is 33.3 Å². The summed E-state index contributed by atoms with van der Waals surface area (Å²) in [7, 11) is -0.524. The van der Waals surface area contributed by atoms with Gasteiger partial charge >= 0.3 is 7.60 Å². The summed E-state index contributed by atoms with van der Waals surface area (Å²) < 4.78 is 32.2. The van der Waals surface area contributed by atoms with Crippen LogP contribution in [0.25, 0.3) is 0 Å². The van der Waals surface area contributed by atoms with Crippen LogP contribution in [0.5, 0.6) is 0 Å². The molecule has 0 atom stereocenters. The van der Waals surface area contributed by atoms with Crippen LogP contribution in [-0.2, 0) is 34.5 Å². The van der Waals surface area contributed by atoms with Crippen LogP contribution in [0.15, 0.2) is 0 Å². The van der Waals surface area contributed by atoms with Crippen molar-refractivity contribution in [1.29, 1.82) is 0 Å². The average Bonchev–Trinajstić information content (AvgIpc) is 2.18. The van der Waals surface area contributed by atoms with Gasteiger partial charge in [0.05, 0.1) is 13.2 Å². The average molecular weight is 276 g/mol.